The van der Waals surface area contributed by atoms with Crippen LogP contribution in [0.4, 0.5) is 5.69 Å². The molecule has 2 aromatic carbocycles. The second-order valence-electron chi connectivity index (χ2n) is 7.58. The monoisotopic (exact) mass is 438 g/mol. The van der Waals surface area contributed by atoms with Crippen LogP contribution in [0.2, 0.25) is 0 Å². The molecule has 0 N–H and O–H groups in total. The maximum atomic E-state index is 13.2. The van der Waals surface area contributed by atoms with Crippen LogP contribution < -0.4 is 0 Å². The van der Waals surface area contributed by atoms with Crippen LogP contribution in [0.3, 0.4) is 0 Å². The van der Waals surface area contributed by atoms with Gasteiger partial charge < -0.3 is 4.74 Å². The average Bonchev–Trinajstić information content (AvgIpc) is 3.41. The molecule has 0 radical (unpaired) electrons. The summed E-state index contributed by atoms with van der Waals surface area (Å²) in [4.78, 5) is 10.7. The first kappa shape index (κ1) is 21.0. The van der Waals surface area contributed by atoms with E-state index in [-0.39, 0.29) is 22.6 Å². The quantitative estimate of drug-likeness (QED) is 0.309. The van der Waals surface area contributed by atoms with Gasteiger partial charge in [-0.1, -0.05) is 23.8 Å². The smallest absolute Gasteiger partial charge is 0.269 e. The molecule has 3 aromatic rings. The van der Waals surface area contributed by atoms with Gasteiger partial charge in [0.25, 0.3) is 15.7 Å². The SMILES string of the molecule is C=CC1CC(c2cccn2S(=O)(=O)c2ccc(C)cc2)OC1c1ccc([N+](=O)[O-])cc1. The van der Waals surface area contributed by atoms with E-state index in [0.29, 0.717) is 12.1 Å². The van der Waals surface area contributed by atoms with Crippen LogP contribution >= 0.6 is 0 Å². The van der Waals surface area contributed by atoms with Crippen molar-refractivity contribution in [1.29, 1.82) is 0 Å². The molecule has 1 saturated heterocycles. The van der Waals surface area contributed by atoms with Gasteiger partial charge in [-0.05, 0) is 55.3 Å². The molecule has 0 amide bonds. The number of nitro groups is 1. The summed E-state index contributed by atoms with van der Waals surface area (Å²) in [5.41, 5.74) is 2.31. The van der Waals surface area contributed by atoms with Gasteiger partial charge in [-0.2, -0.15) is 0 Å². The Balaban J connectivity index is 1.64. The number of nitrogens with zero attached hydrogens (tertiary/aromatic N) is 2. The molecule has 1 aliphatic heterocycles. The maximum Gasteiger partial charge on any atom is 0.269 e. The number of benzene rings is 2. The van der Waals surface area contributed by atoms with E-state index in [0.717, 1.165) is 11.1 Å². The second-order valence-corrected chi connectivity index (χ2v) is 9.39. The fourth-order valence-electron chi connectivity index (χ4n) is 3.90. The van der Waals surface area contributed by atoms with E-state index in [1.807, 2.05) is 6.92 Å². The Kier molecular flexibility index (Phi) is 5.51. The van der Waals surface area contributed by atoms with Gasteiger partial charge >= 0.3 is 0 Å². The van der Waals surface area contributed by atoms with E-state index in [2.05, 4.69) is 6.58 Å². The van der Waals surface area contributed by atoms with Crippen molar-refractivity contribution in [3.8, 4) is 0 Å². The van der Waals surface area contributed by atoms with E-state index in [4.69, 9.17) is 4.74 Å². The normalized spacial score (nSPS) is 21.1. The van der Waals surface area contributed by atoms with Crippen molar-refractivity contribution in [1.82, 2.24) is 3.97 Å². The van der Waals surface area contributed by atoms with Crippen molar-refractivity contribution in [3.05, 3.63) is 106 Å². The number of aryl methyl sites for hydroxylation is 1. The molecule has 31 heavy (non-hydrogen) atoms. The molecule has 160 valence electrons. The largest absolute Gasteiger partial charge is 0.363 e. The van der Waals surface area contributed by atoms with Crippen molar-refractivity contribution < 1.29 is 18.1 Å². The molecule has 2 heterocycles. The molecule has 7 nitrogen and oxygen atoms in total. The van der Waals surface area contributed by atoms with Crippen LogP contribution in [-0.2, 0) is 14.8 Å². The fraction of sp³-hybridized carbons (Fsp3) is 0.217. The lowest BCUT2D eigenvalue weighted by Gasteiger charge is -2.18. The molecule has 1 aliphatic rings. The third kappa shape index (κ3) is 3.92. The Bertz CT molecular complexity index is 1210. The van der Waals surface area contributed by atoms with E-state index >= 15 is 0 Å². The molecule has 1 fully saturated rings. The third-order valence-electron chi connectivity index (χ3n) is 5.57. The zero-order valence-electron chi connectivity index (χ0n) is 16.9. The van der Waals surface area contributed by atoms with Gasteiger partial charge in [0.05, 0.1) is 21.6 Å². The third-order valence-corrected chi connectivity index (χ3v) is 7.29. The summed E-state index contributed by atoms with van der Waals surface area (Å²) in [6.07, 6.45) is 3.04. The fourth-order valence-corrected chi connectivity index (χ4v) is 5.29. The summed E-state index contributed by atoms with van der Waals surface area (Å²) in [6, 6.07) is 16.4. The molecule has 0 aliphatic carbocycles. The van der Waals surface area contributed by atoms with Crippen molar-refractivity contribution in [2.24, 2.45) is 5.92 Å². The second kappa shape index (κ2) is 8.13. The van der Waals surface area contributed by atoms with Gasteiger partial charge in [0.15, 0.2) is 0 Å². The number of ether oxygens (including phenoxy) is 1. The lowest BCUT2D eigenvalue weighted by atomic mass is 9.93. The summed E-state index contributed by atoms with van der Waals surface area (Å²) in [7, 11) is -3.77. The van der Waals surface area contributed by atoms with Gasteiger partial charge in [0.1, 0.15) is 6.10 Å². The van der Waals surface area contributed by atoms with Crippen LogP contribution in [0.5, 0.6) is 0 Å². The van der Waals surface area contributed by atoms with Crippen LogP contribution in [0.25, 0.3) is 0 Å². The standard InChI is InChI=1S/C23H22N2O5S/c1-3-17-15-22(30-23(17)18-8-10-19(11-9-18)25(26)27)21-5-4-14-24(21)31(28,29)20-12-6-16(2)7-13-20/h3-14,17,22-23H,1,15H2,2H3. The highest BCUT2D eigenvalue weighted by molar-refractivity contribution is 7.90. The Labute approximate surface area is 180 Å². The van der Waals surface area contributed by atoms with Crippen molar-refractivity contribution in [2.75, 3.05) is 0 Å². The Morgan fingerprint density at radius 3 is 2.42 bits per heavy atom. The highest BCUT2D eigenvalue weighted by Crippen LogP contribution is 2.46. The first-order valence-electron chi connectivity index (χ1n) is 9.83. The summed E-state index contributed by atoms with van der Waals surface area (Å²) >= 11 is 0. The van der Waals surface area contributed by atoms with Crippen molar-refractivity contribution >= 4 is 15.7 Å². The molecule has 1 aromatic heterocycles. The van der Waals surface area contributed by atoms with Crippen LogP contribution in [0.1, 0.15) is 35.4 Å². The lowest BCUT2D eigenvalue weighted by molar-refractivity contribution is -0.384. The van der Waals surface area contributed by atoms with E-state index < -0.39 is 21.1 Å². The van der Waals surface area contributed by atoms with E-state index in [1.165, 1.54) is 22.3 Å². The highest BCUT2D eigenvalue weighted by atomic mass is 32.2. The highest BCUT2D eigenvalue weighted by Gasteiger charge is 2.38. The summed E-state index contributed by atoms with van der Waals surface area (Å²) in [5, 5.41) is 10.9. The molecule has 4 rings (SSSR count). The average molecular weight is 439 g/mol. The number of rotatable bonds is 6. The van der Waals surface area contributed by atoms with Crippen LogP contribution in [-0.4, -0.2) is 17.3 Å². The number of hydrogen-bond acceptors (Lipinski definition) is 5. The molecule has 0 spiro atoms. The van der Waals surface area contributed by atoms with E-state index in [9.17, 15) is 18.5 Å². The van der Waals surface area contributed by atoms with Gasteiger partial charge in [-0.3, -0.25) is 10.1 Å². The summed E-state index contributed by atoms with van der Waals surface area (Å²) in [5.74, 6) is -0.0584. The molecular formula is C23H22N2O5S. The zero-order chi connectivity index (χ0) is 22.2. The molecule has 3 unspecified atom stereocenters. The Hall–Kier alpha value is -3.23. The predicted molar refractivity (Wildman–Crippen MR) is 116 cm³/mol. The molecule has 8 heteroatoms. The minimum absolute atomic E-state index is 0.00603. The number of aromatic nitrogens is 1. The number of non-ortho nitro benzene ring substituents is 1. The predicted octanol–water partition coefficient (Wildman–Crippen LogP) is 4.95. The molecule has 0 bridgehead atoms. The number of hydrogen-bond donors (Lipinski definition) is 0. The number of nitro benzene ring substituents is 1. The minimum Gasteiger partial charge on any atom is -0.363 e. The van der Waals surface area contributed by atoms with Crippen LogP contribution in [0.15, 0.2) is 84.4 Å². The van der Waals surface area contributed by atoms with Crippen molar-refractivity contribution in [2.45, 2.75) is 30.4 Å². The maximum absolute atomic E-state index is 13.2. The lowest BCUT2D eigenvalue weighted by Crippen LogP contribution is -2.17. The first-order chi connectivity index (χ1) is 14.8. The Morgan fingerprint density at radius 1 is 1.13 bits per heavy atom. The summed E-state index contributed by atoms with van der Waals surface area (Å²) in [6.45, 7) is 5.79. The first-order valence-corrected chi connectivity index (χ1v) is 11.3. The van der Waals surface area contributed by atoms with Gasteiger partial charge in [0, 0.05) is 24.2 Å². The van der Waals surface area contributed by atoms with Gasteiger partial charge in [0.2, 0.25) is 0 Å². The van der Waals surface area contributed by atoms with E-state index in [1.54, 1.807) is 54.6 Å². The zero-order valence-corrected chi connectivity index (χ0v) is 17.7. The topological polar surface area (TPSA) is 91.4 Å². The van der Waals surface area contributed by atoms with Gasteiger partial charge in [-0.25, -0.2) is 12.4 Å². The molecule has 3 atom stereocenters. The van der Waals surface area contributed by atoms with Crippen LogP contribution in [0, 0.1) is 23.0 Å². The summed E-state index contributed by atoms with van der Waals surface area (Å²) < 4.78 is 33.9. The van der Waals surface area contributed by atoms with Gasteiger partial charge in [-0.15, -0.1) is 6.58 Å². The molecule has 0 saturated carbocycles. The molecular weight excluding hydrogens is 416 g/mol. The Morgan fingerprint density at radius 2 is 1.81 bits per heavy atom. The minimum atomic E-state index is -3.77. The van der Waals surface area contributed by atoms with Crippen molar-refractivity contribution in [3.63, 3.8) is 0 Å².